The first kappa shape index (κ1) is 11.4. The quantitative estimate of drug-likeness (QED) is 0.743. The molecule has 0 bridgehead atoms. The molecule has 2 N–H and O–H groups in total. The van der Waals surface area contributed by atoms with Crippen LogP contribution in [0.1, 0.15) is 11.6 Å². The van der Waals surface area contributed by atoms with E-state index in [4.69, 9.17) is 0 Å². The highest BCUT2D eigenvalue weighted by Gasteiger charge is 2.16. The van der Waals surface area contributed by atoms with E-state index in [9.17, 15) is 4.39 Å². The summed E-state index contributed by atoms with van der Waals surface area (Å²) in [7, 11) is 0. The predicted octanol–water partition coefficient (Wildman–Crippen LogP) is 1.48. The molecule has 2 nitrogen and oxygen atoms in total. The van der Waals surface area contributed by atoms with Crippen LogP contribution in [-0.2, 0) is 0 Å². The van der Waals surface area contributed by atoms with Gasteiger partial charge in [-0.25, -0.2) is 4.39 Å². The van der Waals surface area contributed by atoms with Crippen LogP contribution in [0.15, 0.2) is 24.3 Å². The van der Waals surface area contributed by atoms with Gasteiger partial charge in [0.25, 0.3) is 0 Å². The zero-order valence-corrected chi connectivity index (χ0v) is 8.61. The van der Waals surface area contributed by atoms with Gasteiger partial charge in [0.1, 0.15) is 5.82 Å². The summed E-state index contributed by atoms with van der Waals surface area (Å²) in [5.41, 5.74) is 0.759. The monoisotopic (exact) mass is 216 g/mol. The minimum absolute atomic E-state index is 0. The van der Waals surface area contributed by atoms with Crippen molar-refractivity contribution in [3.8, 4) is 0 Å². The van der Waals surface area contributed by atoms with Crippen LogP contribution >= 0.6 is 12.4 Å². The zero-order chi connectivity index (χ0) is 9.10. The van der Waals surface area contributed by atoms with Crippen molar-refractivity contribution in [3.63, 3.8) is 0 Å². The summed E-state index contributed by atoms with van der Waals surface area (Å²) in [6.07, 6.45) is 0. The molecule has 4 heteroatoms. The molecule has 1 aromatic carbocycles. The number of hydrogen-bond acceptors (Lipinski definition) is 2. The summed E-state index contributed by atoms with van der Waals surface area (Å²) < 4.78 is 13.3. The van der Waals surface area contributed by atoms with Crippen molar-refractivity contribution >= 4 is 12.4 Å². The van der Waals surface area contributed by atoms with Gasteiger partial charge in [-0.3, -0.25) is 0 Å². The topological polar surface area (TPSA) is 24.1 Å². The Bertz CT molecular complexity index is 287. The Morgan fingerprint density at radius 1 is 1.21 bits per heavy atom. The Balaban J connectivity index is 0.000000980. The standard InChI is InChI=1S/C10H13FN2.ClH/c11-9-4-2-1-3-8(9)10-7-12-5-6-13-10;/h1-4,10,12-13H,5-7H2;1H/t10-;/m1./s1. The molecule has 1 fully saturated rings. The highest BCUT2D eigenvalue weighted by molar-refractivity contribution is 5.85. The highest BCUT2D eigenvalue weighted by Crippen LogP contribution is 2.16. The molecule has 0 radical (unpaired) electrons. The van der Waals surface area contributed by atoms with Gasteiger partial charge in [-0.2, -0.15) is 0 Å². The van der Waals surface area contributed by atoms with E-state index in [0.717, 1.165) is 25.2 Å². The van der Waals surface area contributed by atoms with Gasteiger partial charge in [-0.15, -0.1) is 12.4 Å². The molecule has 1 aromatic rings. The van der Waals surface area contributed by atoms with E-state index < -0.39 is 0 Å². The second-order valence-corrected chi connectivity index (χ2v) is 3.23. The van der Waals surface area contributed by atoms with Crippen molar-refractivity contribution in [2.45, 2.75) is 6.04 Å². The normalized spacial score (nSPS) is 21.4. The number of hydrogen-bond donors (Lipinski definition) is 2. The minimum Gasteiger partial charge on any atom is -0.314 e. The summed E-state index contributed by atoms with van der Waals surface area (Å²) in [6, 6.07) is 7.05. The van der Waals surface area contributed by atoms with E-state index in [-0.39, 0.29) is 24.3 Å². The van der Waals surface area contributed by atoms with Crippen LogP contribution in [-0.4, -0.2) is 19.6 Å². The van der Waals surface area contributed by atoms with E-state index in [1.165, 1.54) is 6.07 Å². The van der Waals surface area contributed by atoms with Crippen molar-refractivity contribution in [3.05, 3.63) is 35.6 Å². The lowest BCUT2D eigenvalue weighted by Gasteiger charge is -2.25. The SMILES string of the molecule is Cl.Fc1ccccc1[C@H]1CNCCN1. The summed E-state index contributed by atoms with van der Waals surface area (Å²) in [4.78, 5) is 0. The third-order valence-electron chi connectivity index (χ3n) is 2.32. The lowest BCUT2D eigenvalue weighted by molar-refractivity contribution is 0.417. The van der Waals surface area contributed by atoms with Crippen LogP contribution in [0.2, 0.25) is 0 Å². The molecule has 0 spiro atoms. The van der Waals surface area contributed by atoms with Gasteiger partial charge in [0.2, 0.25) is 0 Å². The summed E-state index contributed by atoms with van der Waals surface area (Å²) in [5, 5.41) is 6.51. The third kappa shape index (κ3) is 2.44. The van der Waals surface area contributed by atoms with E-state index in [1.807, 2.05) is 12.1 Å². The average molecular weight is 217 g/mol. The number of nitrogens with one attached hydrogen (secondary N) is 2. The van der Waals surface area contributed by atoms with Crippen molar-refractivity contribution in [1.29, 1.82) is 0 Å². The van der Waals surface area contributed by atoms with Gasteiger partial charge < -0.3 is 10.6 Å². The molecule has 1 aliphatic heterocycles. The molecule has 14 heavy (non-hydrogen) atoms. The van der Waals surface area contributed by atoms with Gasteiger partial charge in [0, 0.05) is 31.2 Å². The van der Waals surface area contributed by atoms with E-state index >= 15 is 0 Å². The van der Waals surface area contributed by atoms with Gasteiger partial charge in [-0.1, -0.05) is 18.2 Å². The van der Waals surface area contributed by atoms with Crippen LogP contribution in [0.3, 0.4) is 0 Å². The first-order chi connectivity index (χ1) is 6.38. The lowest BCUT2D eigenvalue weighted by Crippen LogP contribution is -2.42. The number of halogens is 2. The van der Waals surface area contributed by atoms with Gasteiger partial charge in [0.05, 0.1) is 0 Å². The molecule has 0 amide bonds. The first-order valence-electron chi connectivity index (χ1n) is 4.56. The minimum atomic E-state index is -0.122. The molecule has 0 saturated carbocycles. The largest absolute Gasteiger partial charge is 0.314 e. The highest BCUT2D eigenvalue weighted by atomic mass is 35.5. The Kier molecular flexibility index (Phi) is 4.32. The average Bonchev–Trinajstić information content (AvgIpc) is 2.20. The first-order valence-corrected chi connectivity index (χ1v) is 4.56. The molecular formula is C10H14ClFN2. The van der Waals surface area contributed by atoms with Gasteiger partial charge in [-0.05, 0) is 6.07 Å². The van der Waals surface area contributed by atoms with Crippen LogP contribution in [0, 0.1) is 5.82 Å². The Morgan fingerprint density at radius 2 is 2.00 bits per heavy atom. The molecule has 1 saturated heterocycles. The molecule has 0 aliphatic carbocycles. The summed E-state index contributed by atoms with van der Waals surface area (Å²) in [6.45, 7) is 2.67. The molecule has 0 unspecified atom stereocenters. The predicted molar refractivity (Wildman–Crippen MR) is 57.3 cm³/mol. The fourth-order valence-electron chi connectivity index (χ4n) is 1.63. The zero-order valence-electron chi connectivity index (χ0n) is 7.79. The van der Waals surface area contributed by atoms with E-state index in [1.54, 1.807) is 6.07 Å². The Labute approximate surface area is 89.3 Å². The van der Waals surface area contributed by atoms with Crippen molar-refractivity contribution in [2.75, 3.05) is 19.6 Å². The fourth-order valence-corrected chi connectivity index (χ4v) is 1.63. The molecule has 1 atom stereocenters. The van der Waals surface area contributed by atoms with Crippen LogP contribution in [0.4, 0.5) is 4.39 Å². The maximum atomic E-state index is 13.3. The van der Waals surface area contributed by atoms with Crippen molar-refractivity contribution in [1.82, 2.24) is 10.6 Å². The molecule has 0 aromatic heterocycles. The molecular weight excluding hydrogens is 203 g/mol. The second-order valence-electron chi connectivity index (χ2n) is 3.23. The van der Waals surface area contributed by atoms with Crippen molar-refractivity contribution < 1.29 is 4.39 Å². The summed E-state index contributed by atoms with van der Waals surface area (Å²) in [5.74, 6) is -0.122. The lowest BCUT2D eigenvalue weighted by atomic mass is 10.1. The van der Waals surface area contributed by atoms with Crippen LogP contribution in [0.5, 0.6) is 0 Å². The number of benzene rings is 1. The second kappa shape index (κ2) is 5.29. The molecule has 2 rings (SSSR count). The Hall–Kier alpha value is -0.640. The number of rotatable bonds is 1. The smallest absolute Gasteiger partial charge is 0.128 e. The van der Waals surface area contributed by atoms with Gasteiger partial charge in [0.15, 0.2) is 0 Å². The van der Waals surface area contributed by atoms with E-state index in [0.29, 0.717) is 0 Å². The molecule has 1 heterocycles. The van der Waals surface area contributed by atoms with Crippen LogP contribution in [0.25, 0.3) is 0 Å². The number of piperazine rings is 1. The summed E-state index contributed by atoms with van der Waals surface area (Å²) >= 11 is 0. The van der Waals surface area contributed by atoms with Crippen LogP contribution < -0.4 is 10.6 Å². The Morgan fingerprint density at radius 3 is 2.64 bits per heavy atom. The maximum Gasteiger partial charge on any atom is 0.128 e. The van der Waals surface area contributed by atoms with Crippen molar-refractivity contribution in [2.24, 2.45) is 0 Å². The molecule has 1 aliphatic rings. The fraction of sp³-hybridized carbons (Fsp3) is 0.400. The molecule has 78 valence electrons. The van der Waals surface area contributed by atoms with Gasteiger partial charge >= 0.3 is 0 Å². The maximum absolute atomic E-state index is 13.3. The van der Waals surface area contributed by atoms with E-state index in [2.05, 4.69) is 10.6 Å². The third-order valence-corrected chi connectivity index (χ3v) is 2.32.